The Bertz CT molecular complexity index is 580. The van der Waals surface area contributed by atoms with Gasteiger partial charge in [-0.1, -0.05) is 0 Å². The molecule has 5 heteroatoms. The van der Waals surface area contributed by atoms with Crippen LogP contribution in [0.1, 0.15) is 34.9 Å². The lowest BCUT2D eigenvalue weighted by Crippen LogP contribution is -2.44. The monoisotopic (exact) mass is 288 g/mol. The molecule has 0 unspecified atom stereocenters. The molecule has 1 aliphatic rings. The molecule has 21 heavy (non-hydrogen) atoms. The summed E-state index contributed by atoms with van der Waals surface area (Å²) in [5.41, 5.74) is 0. The summed E-state index contributed by atoms with van der Waals surface area (Å²) in [5, 5.41) is 3.49. The van der Waals surface area contributed by atoms with E-state index in [4.69, 9.17) is 8.83 Å². The average molecular weight is 288 g/mol. The highest BCUT2D eigenvalue weighted by Crippen LogP contribution is 2.15. The van der Waals surface area contributed by atoms with Gasteiger partial charge in [-0.05, 0) is 44.0 Å². The predicted octanol–water partition coefficient (Wildman–Crippen LogP) is 2.58. The van der Waals surface area contributed by atoms with Crippen LogP contribution in [0.15, 0.2) is 39.4 Å². The number of likely N-dealkylation sites (tertiary alicyclic amines) is 1. The Morgan fingerprint density at radius 2 is 2.14 bits per heavy atom. The fourth-order valence-electron chi connectivity index (χ4n) is 2.67. The van der Waals surface area contributed by atoms with Crippen molar-refractivity contribution in [3.8, 4) is 0 Å². The van der Waals surface area contributed by atoms with Crippen LogP contribution >= 0.6 is 0 Å². The van der Waals surface area contributed by atoms with Gasteiger partial charge in [0.05, 0.1) is 12.8 Å². The second-order valence-corrected chi connectivity index (χ2v) is 5.44. The van der Waals surface area contributed by atoms with Crippen LogP contribution in [0, 0.1) is 6.92 Å². The molecule has 2 aromatic heterocycles. The minimum atomic E-state index is -0.0138. The fraction of sp³-hybridized carbons (Fsp3) is 0.438. The highest BCUT2D eigenvalue weighted by atomic mass is 16.3. The normalized spacial score (nSPS) is 16.3. The van der Waals surface area contributed by atoms with Gasteiger partial charge in [0, 0.05) is 19.1 Å². The standard InChI is InChI=1S/C16H20N2O3/c1-12-4-5-14(21-12)11-17-13-6-8-18(9-7-13)16(19)15-3-2-10-20-15/h2-5,10,13,17H,6-9,11H2,1H3. The Balaban J connectivity index is 1.45. The molecule has 3 heterocycles. The largest absolute Gasteiger partial charge is 0.465 e. The summed E-state index contributed by atoms with van der Waals surface area (Å²) in [6, 6.07) is 7.86. The van der Waals surface area contributed by atoms with Gasteiger partial charge in [-0.15, -0.1) is 0 Å². The molecular formula is C16H20N2O3. The number of piperidine rings is 1. The minimum Gasteiger partial charge on any atom is -0.465 e. The van der Waals surface area contributed by atoms with E-state index in [0.29, 0.717) is 11.8 Å². The third kappa shape index (κ3) is 3.36. The van der Waals surface area contributed by atoms with Crippen LogP contribution in [0.4, 0.5) is 0 Å². The number of amides is 1. The Hall–Kier alpha value is -2.01. The molecule has 0 aromatic carbocycles. The molecule has 1 N–H and O–H groups in total. The lowest BCUT2D eigenvalue weighted by atomic mass is 10.0. The number of nitrogens with one attached hydrogen (secondary N) is 1. The second-order valence-electron chi connectivity index (χ2n) is 5.44. The number of carbonyl (C=O) groups excluding carboxylic acids is 1. The number of carbonyl (C=O) groups is 1. The van der Waals surface area contributed by atoms with Crippen LogP contribution in [0.25, 0.3) is 0 Å². The molecule has 0 saturated carbocycles. The van der Waals surface area contributed by atoms with Crippen LogP contribution < -0.4 is 5.32 Å². The molecule has 1 aliphatic heterocycles. The summed E-state index contributed by atoms with van der Waals surface area (Å²) in [5.74, 6) is 2.31. The molecular weight excluding hydrogens is 268 g/mol. The van der Waals surface area contributed by atoms with Gasteiger partial charge >= 0.3 is 0 Å². The maximum atomic E-state index is 12.1. The topological polar surface area (TPSA) is 58.6 Å². The minimum absolute atomic E-state index is 0.0138. The fourth-order valence-corrected chi connectivity index (χ4v) is 2.67. The summed E-state index contributed by atoms with van der Waals surface area (Å²) in [4.78, 5) is 14.0. The second kappa shape index (κ2) is 6.18. The third-order valence-corrected chi connectivity index (χ3v) is 3.88. The van der Waals surface area contributed by atoms with Crippen molar-refractivity contribution in [2.45, 2.75) is 32.4 Å². The summed E-state index contributed by atoms with van der Waals surface area (Å²) < 4.78 is 10.7. The molecule has 1 fully saturated rings. The number of nitrogens with zero attached hydrogens (tertiary/aromatic N) is 1. The molecule has 0 atom stereocenters. The number of hydrogen-bond donors (Lipinski definition) is 1. The average Bonchev–Trinajstić information content (AvgIpc) is 3.16. The lowest BCUT2D eigenvalue weighted by Gasteiger charge is -2.31. The van der Waals surface area contributed by atoms with E-state index in [-0.39, 0.29) is 5.91 Å². The van der Waals surface area contributed by atoms with E-state index in [1.54, 1.807) is 12.1 Å². The van der Waals surface area contributed by atoms with Crippen LogP contribution in [0.5, 0.6) is 0 Å². The zero-order chi connectivity index (χ0) is 14.7. The van der Waals surface area contributed by atoms with Crippen LogP contribution in [-0.2, 0) is 6.54 Å². The first-order valence-corrected chi connectivity index (χ1v) is 7.34. The number of furan rings is 2. The number of hydrogen-bond acceptors (Lipinski definition) is 4. The van der Waals surface area contributed by atoms with Crippen molar-refractivity contribution in [3.05, 3.63) is 47.8 Å². The third-order valence-electron chi connectivity index (χ3n) is 3.88. The summed E-state index contributed by atoms with van der Waals surface area (Å²) in [7, 11) is 0. The van der Waals surface area contributed by atoms with Crippen molar-refractivity contribution in [1.82, 2.24) is 10.2 Å². The molecule has 112 valence electrons. The molecule has 1 amide bonds. The van der Waals surface area contributed by atoms with E-state index >= 15 is 0 Å². The van der Waals surface area contributed by atoms with Gasteiger partial charge in [0.1, 0.15) is 11.5 Å². The maximum Gasteiger partial charge on any atom is 0.289 e. The SMILES string of the molecule is Cc1ccc(CNC2CCN(C(=O)c3ccco3)CC2)o1. The zero-order valence-electron chi connectivity index (χ0n) is 12.2. The van der Waals surface area contributed by atoms with Crippen molar-refractivity contribution < 1.29 is 13.6 Å². The van der Waals surface area contributed by atoms with Gasteiger partial charge in [-0.25, -0.2) is 0 Å². The first kappa shape index (κ1) is 13.9. The van der Waals surface area contributed by atoms with E-state index in [2.05, 4.69) is 5.32 Å². The lowest BCUT2D eigenvalue weighted by molar-refractivity contribution is 0.0672. The first-order valence-electron chi connectivity index (χ1n) is 7.34. The number of rotatable bonds is 4. The van der Waals surface area contributed by atoms with E-state index < -0.39 is 0 Å². The summed E-state index contributed by atoms with van der Waals surface area (Å²) >= 11 is 0. The van der Waals surface area contributed by atoms with E-state index in [1.807, 2.05) is 24.0 Å². The van der Waals surface area contributed by atoms with Crippen molar-refractivity contribution in [2.75, 3.05) is 13.1 Å². The Labute approximate surface area is 123 Å². The van der Waals surface area contributed by atoms with Crippen LogP contribution in [0.3, 0.4) is 0 Å². The summed E-state index contributed by atoms with van der Waals surface area (Å²) in [6.45, 7) is 4.20. The van der Waals surface area contributed by atoms with E-state index in [0.717, 1.165) is 44.0 Å². The van der Waals surface area contributed by atoms with Crippen molar-refractivity contribution in [3.63, 3.8) is 0 Å². The quantitative estimate of drug-likeness (QED) is 0.939. The van der Waals surface area contributed by atoms with E-state index in [9.17, 15) is 4.79 Å². The molecule has 0 spiro atoms. The van der Waals surface area contributed by atoms with Crippen LogP contribution in [0.2, 0.25) is 0 Å². The Kier molecular flexibility index (Phi) is 4.10. The van der Waals surface area contributed by atoms with Gasteiger partial charge < -0.3 is 19.1 Å². The van der Waals surface area contributed by atoms with Gasteiger partial charge in [0.25, 0.3) is 5.91 Å². The molecule has 2 aromatic rings. The van der Waals surface area contributed by atoms with Crippen molar-refractivity contribution in [1.29, 1.82) is 0 Å². The molecule has 0 radical (unpaired) electrons. The molecule has 0 bridgehead atoms. The zero-order valence-corrected chi connectivity index (χ0v) is 12.2. The van der Waals surface area contributed by atoms with Crippen molar-refractivity contribution >= 4 is 5.91 Å². The molecule has 1 saturated heterocycles. The molecule has 3 rings (SSSR count). The maximum absolute atomic E-state index is 12.1. The van der Waals surface area contributed by atoms with Crippen LogP contribution in [-0.4, -0.2) is 29.9 Å². The van der Waals surface area contributed by atoms with E-state index in [1.165, 1.54) is 6.26 Å². The Morgan fingerprint density at radius 1 is 1.33 bits per heavy atom. The van der Waals surface area contributed by atoms with Crippen molar-refractivity contribution in [2.24, 2.45) is 0 Å². The van der Waals surface area contributed by atoms with Gasteiger partial charge in [-0.3, -0.25) is 4.79 Å². The number of aryl methyl sites for hydroxylation is 1. The van der Waals surface area contributed by atoms with Gasteiger partial charge in [-0.2, -0.15) is 0 Å². The smallest absolute Gasteiger partial charge is 0.289 e. The van der Waals surface area contributed by atoms with Gasteiger partial charge in [0.2, 0.25) is 0 Å². The Morgan fingerprint density at radius 3 is 2.76 bits per heavy atom. The molecule has 5 nitrogen and oxygen atoms in total. The highest BCUT2D eigenvalue weighted by molar-refractivity contribution is 5.91. The highest BCUT2D eigenvalue weighted by Gasteiger charge is 2.24. The molecule has 0 aliphatic carbocycles. The first-order chi connectivity index (χ1) is 10.2. The summed E-state index contributed by atoms with van der Waals surface area (Å²) in [6.07, 6.45) is 3.44. The van der Waals surface area contributed by atoms with Gasteiger partial charge in [0.15, 0.2) is 5.76 Å². The predicted molar refractivity (Wildman–Crippen MR) is 77.9 cm³/mol.